The lowest BCUT2D eigenvalue weighted by Gasteiger charge is -2.13. The summed E-state index contributed by atoms with van der Waals surface area (Å²) in [5, 5.41) is 8.23. The number of aliphatic carboxylic acids is 1. The summed E-state index contributed by atoms with van der Waals surface area (Å²) in [6, 6.07) is 0. The van der Waals surface area contributed by atoms with Crippen LogP contribution in [-0.4, -0.2) is 27.8 Å². The zero-order chi connectivity index (χ0) is 9.07. The molecule has 1 atom stereocenters. The summed E-state index contributed by atoms with van der Waals surface area (Å²) in [4.78, 5) is 19.2. The molecule has 0 heterocycles. The second-order valence-corrected chi connectivity index (χ2v) is 5.71. The summed E-state index contributed by atoms with van der Waals surface area (Å²) in [5.41, 5.74) is -0.346. The van der Waals surface area contributed by atoms with Crippen LogP contribution in [0.15, 0.2) is 0 Å². The zero-order valence-electron chi connectivity index (χ0n) is 6.65. The van der Waals surface area contributed by atoms with Crippen molar-refractivity contribution in [2.24, 2.45) is 0 Å². The van der Waals surface area contributed by atoms with Gasteiger partial charge in [0.1, 0.15) is 0 Å². The fourth-order valence-electron chi connectivity index (χ4n) is 0.514. The van der Waals surface area contributed by atoms with Crippen molar-refractivity contribution >= 4 is 13.3 Å². The maximum atomic E-state index is 11.1. The summed E-state index contributed by atoms with van der Waals surface area (Å²) in [7, 11) is -3.20. The summed E-state index contributed by atoms with van der Waals surface area (Å²) in [6.45, 7) is 3.23. The van der Waals surface area contributed by atoms with E-state index >= 15 is 0 Å². The van der Waals surface area contributed by atoms with Crippen LogP contribution in [0.1, 0.15) is 20.3 Å². The van der Waals surface area contributed by atoms with Gasteiger partial charge in [0, 0.05) is 11.8 Å². The van der Waals surface area contributed by atoms with Gasteiger partial charge in [-0.25, -0.2) is 0 Å². The Hall–Kier alpha value is -0.340. The largest absolute Gasteiger partial charge is 0.481 e. The van der Waals surface area contributed by atoms with Crippen LogP contribution in [0.4, 0.5) is 0 Å². The third-order valence-electron chi connectivity index (χ3n) is 1.45. The smallest absolute Gasteiger partial charge is 0.303 e. The van der Waals surface area contributed by atoms with Crippen LogP contribution in [0, 0.1) is 0 Å². The number of carbonyl (C=O) groups is 1. The third kappa shape index (κ3) is 4.17. The Morgan fingerprint density at radius 2 is 2.00 bits per heavy atom. The molecule has 0 radical (unpaired) electrons. The molecule has 0 aliphatic rings. The van der Waals surface area contributed by atoms with Gasteiger partial charge < -0.3 is 10.00 Å². The standard InChI is InChI=1S/C6H13O4P/c1-5(2)11(9,10)4-3-6(7)8/h5H,3-4H2,1-2H3,(H,7,8)(H,9,10). The first-order valence-corrected chi connectivity index (χ1v) is 5.31. The molecule has 4 nitrogen and oxygen atoms in total. The van der Waals surface area contributed by atoms with Crippen molar-refractivity contribution < 1.29 is 19.4 Å². The summed E-state index contributed by atoms with van der Waals surface area (Å²) in [6.07, 6.45) is -0.355. The molecule has 2 N–H and O–H groups in total. The van der Waals surface area contributed by atoms with E-state index in [4.69, 9.17) is 10.00 Å². The van der Waals surface area contributed by atoms with Gasteiger partial charge >= 0.3 is 5.97 Å². The van der Waals surface area contributed by atoms with Crippen molar-refractivity contribution in [2.75, 3.05) is 6.16 Å². The quantitative estimate of drug-likeness (QED) is 0.636. The van der Waals surface area contributed by atoms with Gasteiger partial charge in [0.15, 0.2) is 0 Å². The lowest BCUT2D eigenvalue weighted by atomic mass is 10.5. The van der Waals surface area contributed by atoms with Gasteiger partial charge in [0.25, 0.3) is 0 Å². The van der Waals surface area contributed by atoms with Gasteiger partial charge in [0.2, 0.25) is 7.37 Å². The van der Waals surface area contributed by atoms with Gasteiger partial charge in [-0.05, 0) is 0 Å². The van der Waals surface area contributed by atoms with Crippen molar-refractivity contribution in [3.8, 4) is 0 Å². The summed E-state index contributed by atoms with van der Waals surface area (Å²) >= 11 is 0. The second kappa shape index (κ2) is 3.88. The monoisotopic (exact) mass is 180 g/mol. The van der Waals surface area contributed by atoms with Gasteiger partial charge in [0.05, 0.1) is 6.42 Å². The maximum absolute atomic E-state index is 11.1. The molecular weight excluding hydrogens is 167 g/mol. The van der Waals surface area contributed by atoms with Crippen molar-refractivity contribution in [1.29, 1.82) is 0 Å². The predicted octanol–water partition coefficient (Wildman–Crippen LogP) is 1.14. The number of hydrogen-bond donors (Lipinski definition) is 2. The molecule has 0 aliphatic carbocycles. The van der Waals surface area contributed by atoms with Crippen molar-refractivity contribution in [1.82, 2.24) is 0 Å². The second-order valence-electron chi connectivity index (χ2n) is 2.72. The summed E-state index contributed by atoms with van der Waals surface area (Å²) < 4.78 is 11.1. The van der Waals surface area contributed by atoms with Crippen LogP contribution in [0.5, 0.6) is 0 Å². The average molecular weight is 180 g/mol. The Kier molecular flexibility index (Phi) is 3.76. The molecule has 11 heavy (non-hydrogen) atoms. The molecule has 1 unspecified atom stereocenters. The first kappa shape index (κ1) is 10.7. The Bertz CT molecular complexity index is 187. The van der Waals surface area contributed by atoms with Crippen LogP contribution in [0.2, 0.25) is 0 Å². The van der Waals surface area contributed by atoms with Gasteiger partial charge in [-0.3, -0.25) is 9.36 Å². The van der Waals surface area contributed by atoms with Crippen LogP contribution in [0.25, 0.3) is 0 Å². The Morgan fingerprint density at radius 1 is 1.55 bits per heavy atom. The molecule has 0 saturated carbocycles. The molecule has 0 rings (SSSR count). The van der Waals surface area contributed by atoms with Crippen LogP contribution in [-0.2, 0) is 9.36 Å². The molecule has 0 aliphatic heterocycles. The lowest BCUT2D eigenvalue weighted by Crippen LogP contribution is -2.05. The molecule has 0 saturated heterocycles. The molecule has 0 amide bonds. The van der Waals surface area contributed by atoms with E-state index in [1.165, 1.54) is 0 Å². The van der Waals surface area contributed by atoms with E-state index in [1.807, 2.05) is 0 Å². The fourth-order valence-corrected chi connectivity index (χ4v) is 1.54. The minimum absolute atomic E-state index is 0.125. The molecule has 0 fully saturated rings. The molecular formula is C6H13O4P. The molecule has 0 bridgehead atoms. The van der Waals surface area contributed by atoms with Crippen molar-refractivity contribution in [2.45, 2.75) is 25.9 Å². The first-order chi connectivity index (χ1) is 4.86. The van der Waals surface area contributed by atoms with E-state index in [-0.39, 0.29) is 18.2 Å². The Balaban J connectivity index is 3.93. The fraction of sp³-hybridized carbons (Fsp3) is 0.833. The van der Waals surface area contributed by atoms with E-state index in [2.05, 4.69) is 0 Å². The molecule has 0 aromatic heterocycles. The topological polar surface area (TPSA) is 74.6 Å². The molecule has 0 aromatic carbocycles. The van der Waals surface area contributed by atoms with Gasteiger partial charge in [-0.1, -0.05) is 13.8 Å². The normalized spacial score (nSPS) is 16.4. The Morgan fingerprint density at radius 3 is 2.27 bits per heavy atom. The van der Waals surface area contributed by atoms with Crippen LogP contribution < -0.4 is 0 Å². The minimum Gasteiger partial charge on any atom is -0.481 e. The minimum atomic E-state index is -3.20. The highest BCUT2D eigenvalue weighted by Crippen LogP contribution is 2.46. The zero-order valence-corrected chi connectivity index (χ0v) is 7.54. The van der Waals surface area contributed by atoms with E-state index in [9.17, 15) is 9.36 Å². The van der Waals surface area contributed by atoms with Crippen molar-refractivity contribution in [3.63, 3.8) is 0 Å². The third-order valence-corrected chi connectivity index (χ3v) is 3.93. The first-order valence-electron chi connectivity index (χ1n) is 3.39. The number of rotatable bonds is 4. The average Bonchev–Trinajstić information content (AvgIpc) is 1.84. The molecule has 0 spiro atoms. The molecule has 5 heteroatoms. The van der Waals surface area contributed by atoms with Gasteiger partial charge in [-0.15, -0.1) is 0 Å². The van der Waals surface area contributed by atoms with E-state index in [0.29, 0.717) is 0 Å². The number of hydrogen-bond acceptors (Lipinski definition) is 2. The highest BCUT2D eigenvalue weighted by Gasteiger charge is 2.23. The lowest BCUT2D eigenvalue weighted by molar-refractivity contribution is -0.136. The molecule has 66 valence electrons. The van der Waals surface area contributed by atoms with Crippen LogP contribution >= 0.6 is 7.37 Å². The van der Waals surface area contributed by atoms with E-state index in [0.717, 1.165) is 0 Å². The Labute approximate surface area is 65.7 Å². The highest BCUT2D eigenvalue weighted by molar-refractivity contribution is 7.58. The predicted molar refractivity (Wildman–Crippen MR) is 42.1 cm³/mol. The van der Waals surface area contributed by atoms with E-state index in [1.54, 1.807) is 13.8 Å². The SMILES string of the molecule is CC(C)P(=O)(O)CCC(=O)O. The summed E-state index contributed by atoms with van der Waals surface area (Å²) in [5.74, 6) is -1.03. The maximum Gasteiger partial charge on any atom is 0.303 e. The highest BCUT2D eigenvalue weighted by atomic mass is 31.2. The van der Waals surface area contributed by atoms with Crippen LogP contribution in [0.3, 0.4) is 0 Å². The molecule has 0 aromatic rings. The van der Waals surface area contributed by atoms with Gasteiger partial charge in [-0.2, -0.15) is 0 Å². The van der Waals surface area contributed by atoms with E-state index < -0.39 is 13.3 Å². The number of carboxylic acids is 1. The van der Waals surface area contributed by atoms with Crippen molar-refractivity contribution in [3.05, 3.63) is 0 Å². The number of carboxylic acid groups (broad SMARTS) is 1.